The zero-order valence-corrected chi connectivity index (χ0v) is 45.4. The first-order valence-electron chi connectivity index (χ1n) is 28.4. The highest BCUT2D eigenvalue weighted by molar-refractivity contribution is 5.71. The van der Waals surface area contributed by atoms with Crippen molar-refractivity contribution in [1.29, 1.82) is 0 Å². The molecule has 0 aliphatic rings. The van der Waals surface area contributed by atoms with Crippen molar-refractivity contribution >= 4 is 17.9 Å². The molecule has 398 valence electrons. The summed E-state index contributed by atoms with van der Waals surface area (Å²) in [6, 6.07) is 0. The molecular formula is C65H102O6. The van der Waals surface area contributed by atoms with Crippen molar-refractivity contribution in [3.8, 4) is 0 Å². The van der Waals surface area contributed by atoms with Gasteiger partial charge in [0.1, 0.15) is 13.2 Å². The summed E-state index contributed by atoms with van der Waals surface area (Å²) in [5, 5.41) is 0. The van der Waals surface area contributed by atoms with E-state index in [-0.39, 0.29) is 37.5 Å². The topological polar surface area (TPSA) is 78.9 Å². The second-order valence-corrected chi connectivity index (χ2v) is 18.3. The lowest BCUT2D eigenvalue weighted by Gasteiger charge is -2.18. The van der Waals surface area contributed by atoms with E-state index in [9.17, 15) is 14.4 Å². The molecule has 0 heterocycles. The van der Waals surface area contributed by atoms with Crippen LogP contribution in [0.5, 0.6) is 0 Å². The Labute approximate surface area is 436 Å². The number of carbonyl (C=O) groups excluding carboxylic acids is 3. The van der Waals surface area contributed by atoms with Gasteiger partial charge < -0.3 is 14.2 Å². The lowest BCUT2D eigenvalue weighted by molar-refractivity contribution is -0.167. The number of rotatable bonds is 49. The molecule has 0 saturated carbocycles. The summed E-state index contributed by atoms with van der Waals surface area (Å²) in [5.41, 5.74) is 0. The number of hydrogen-bond donors (Lipinski definition) is 0. The van der Waals surface area contributed by atoms with Crippen molar-refractivity contribution in [1.82, 2.24) is 0 Å². The molecule has 71 heavy (non-hydrogen) atoms. The largest absolute Gasteiger partial charge is 0.462 e. The number of ether oxygens (including phenoxy) is 3. The Morgan fingerprint density at radius 2 is 0.620 bits per heavy atom. The molecule has 0 fully saturated rings. The van der Waals surface area contributed by atoms with E-state index in [1.807, 2.05) is 72.9 Å². The van der Waals surface area contributed by atoms with Crippen molar-refractivity contribution in [2.24, 2.45) is 0 Å². The van der Waals surface area contributed by atoms with E-state index in [4.69, 9.17) is 14.2 Å². The fraction of sp³-hybridized carbons (Fsp3) is 0.585. The average Bonchev–Trinajstić information content (AvgIpc) is 3.37. The molecule has 0 aliphatic carbocycles. The van der Waals surface area contributed by atoms with Gasteiger partial charge in [-0.05, 0) is 83.5 Å². The number of unbranched alkanes of at least 4 members (excludes halogenated alkanes) is 20. The predicted molar refractivity (Wildman–Crippen MR) is 306 cm³/mol. The van der Waals surface area contributed by atoms with Crippen molar-refractivity contribution in [3.63, 3.8) is 0 Å². The molecular weight excluding hydrogens is 877 g/mol. The summed E-state index contributed by atoms with van der Waals surface area (Å²) in [6.07, 6.45) is 82.5. The van der Waals surface area contributed by atoms with Gasteiger partial charge in [0.2, 0.25) is 0 Å². The molecule has 0 amide bonds. The smallest absolute Gasteiger partial charge is 0.306 e. The Balaban J connectivity index is 4.58. The van der Waals surface area contributed by atoms with Crippen LogP contribution in [0.2, 0.25) is 0 Å². The van der Waals surface area contributed by atoms with Gasteiger partial charge in [-0.3, -0.25) is 14.4 Å². The third kappa shape index (κ3) is 56.1. The maximum atomic E-state index is 12.9. The highest BCUT2D eigenvalue weighted by atomic mass is 16.6. The highest BCUT2D eigenvalue weighted by Crippen LogP contribution is 2.15. The third-order valence-corrected chi connectivity index (χ3v) is 11.5. The number of carbonyl (C=O) groups is 3. The second kappa shape index (κ2) is 57.9. The standard InChI is InChI=1S/C65H102O6/c1-4-7-10-13-16-19-22-25-28-30-32-34-37-40-43-46-49-52-55-58-64(67)70-61-62(60-69-63(66)57-54-51-48-45-42-39-36-27-24-21-18-15-12-9-6-3)71-65(68)59-56-53-50-47-44-41-38-35-33-31-29-26-23-20-17-14-11-8-5-2/h7-8,10-11,13,16-17,19-20,22,25-26,28-30,32-35,37,40-41,43-44,62H,4-6,9,12,14-15,18,21,23-24,27,31,36,38-39,42,45-61H2,1-3H3/b10-7-,11-8-,16-13-,20-17-,22-19-,28-25-,29-26-,32-30+,35-33-,37-34-,43-40-,44-41-. The average molecular weight is 980 g/mol. The van der Waals surface area contributed by atoms with Gasteiger partial charge in [-0.25, -0.2) is 0 Å². The maximum absolute atomic E-state index is 12.9. The van der Waals surface area contributed by atoms with Crippen molar-refractivity contribution < 1.29 is 28.6 Å². The monoisotopic (exact) mass is 979 g/mol. The Hall–Kier alpha value is -4.71. The van der Waals surface area contributed by atoms with Gasteiger partial charge >= 0.3 is 17.9 Å². The fourth-order valence-electron chi connectivity index (χ4n) is 7.33. The van der Waals surface area contributed by atoms with Crippen LogP contribution in [0.1, 0.15) is 226 Å². The van der Waals surface area contributed by atoms with Crippen LogP contribution >= 0.6 is 0 Å². The molecule has 0 aliphatic heterocycles. The van der Waals surface area contributed by atoms with Crippen LogP contribution in [0.25, 0.3) is 0 Å². The molecule has 6 heteroatoms. The minimum Gasteiger partial charge on any atom is -0.462 e. The van der Waals surface area contributed by atoms with Gasteiger partial charge in [-0.2, -0.15) is 0 Å². The number of esters is 3. The normalized spacial score (nSPS) is 13.2. The van der Waals surface area contributed by atoms with E-state index in [1.165, 1.54) is 77.0 Å². The highest BCUT2D eigenvalue weighted by Gasteiger charge is 2.19. The molecule has 0 aromatic carbocycles. The Kier molecular flexibility index (Phi) is 54.0. The van der Waals surface area contributed by atoms with E-state index < -0.39 is 6.10 Å². The van der Waals surface area contributed by atoms with Crippen LogP contribution in [-0.2, 0) is 28.6 Å². The van der Waals surface area contributed by atoms with E-state index in [0.717, 1.165) is 103 Å². The summed E-state index contributed by atoms with van der Waals surface area (Å²) in [6.45, 7) is 6.31. The SMILES string of the molecule is CC\C=C/C=C\C=C/C=C\C=C\C=C/C=C\CCCCCC(=O)OCC(COC(=O)CCCCCCCCCCCCCCCCC)OC(=O)CCCCC/C=C\C/C=C\C/C=C\C/C=C\C/C=C\CC. The first-order valence-corrected chi connectivity index (χ1v) is 28.4. The van der Waals surface area contributed by atoms with Crippen LogP contribution in [0.3, 0.4) is 0 Å². The van der Waals surface area contributed by atoms with Crippen LogP contribution < -0.4 is 0 Å². The van der Waals surface area contributed by atoms with Crippen molar-refractivity contribution in [3.05, 3.63) is 146 Å². The van der Waals surface area contributed by atoms with Gasteiger partial charge in [0.05, 0.1) is 0 Å². The number of allylic oxidation sites excluding steroid dienone is 24. The van der Waals surface area contributed by atoms with Crippen LogP contribution in [0.4, 0.5) is 0 Å². The molecule has 0 spiro atoms. The summed E-state index contributed by atoms with van der Waals surface area (Å²) >= 11 is 0. The van der Waals surface area contributed by atoms with E-state index in [2.05, 4.69) is 93.7 Å². The lowest BCUT2D eigenvalue weighted by atomic mass is 10.0. The van der Waals surface area contributed by atoms with Gasteiger partial charge in [-0.15, -0.1) is 0 Å². The predicted octanol–water partition coefficient (Wildman–Crippen LogP) is 19.2. The van der Waals surface area contributed by atoms with Crippen LogP contribution in [0, 0.1) is 0 Å². The van der Waals surface area contributed by atoms with Gasteiger partial charge in [0.25, 0.3) is 0 Å². The molecule has 0 bridgehead atoms. The summed E-state index contributed by atoms with van der Waals surface area (Å²) in [5.74, 6) is -0.994. The fourth-order valence-corrected chi connectivity index (χ4v) is 7.33. The molecule has 0 aromatic rings. The lowest BCUT2D eigenvalue weighted by Crippen LogP contribution is -2.30. The quantitative estimate of drug-likeness (QED) is 0.0199. The Morgan fingerprint density at radius 3 is 1.03 bits per heavy atom. The first kappa shape index (κ1) is 66.3. The molecule has 0 saturated heterocycles. The zero-order chi connectivity index (χ0) is 51.4. The van der Waals surface area contributed by atoms with E-state index in [1.54, 1.807) is 0 Å². The molecule has 0 radical (unpaired) electrons. The molecule has 0 aromatic heterocycles. The first-order chi connectivity index (χ1) is 35.0. The Morgan fingerprint density at radius 1 is 0.310 bits per heavy atom. The Bertz CT molecular complexity index is 1590. The summed E-state index contributed by atoms with van der Waals surface area (Å²) < 4.78 is 16.8. The molecule has 1 atom stereocenters. The number of hydrogen-bond acceptors (Lipinski definition) is 6. The van der Waals surface area contributed by atoms with Gasteiger partial charge in [0.15, 0.2) is 6.10 Å². The van der Waals surface area contributed by atoms with Crippen molar-refractivity contribution in [2.45, 2.75) is 232 Å². The van der Waals surface area contributed by atoms with Crippen molar-refractivity contribution in [2.75, 3.05) is 13.2 Å². The zero-order valence-electron chi connectivity index (χ0n) is 45.4. The minimum absolute atomic E-state index is 0.111. The van der Waals surface area contributed by atoms with Crippen LogP contribution in [-0.4, -0.2) is 37.2 Å². The summed E-state index contributed by atoms with van der Waals surface area (Å²) in [4.78, 5) is 38.2. The molecule has 0 rings (SSSR count). The van der Waals surface area contributed by atoms with Gasteiger partial charge in [-0.1, -0.05) is 269 Å². The van der Waals surface area contributed by atoms with E-state index in [0.29, 0.717) is 19.3 Å². The van der Waals surface area contributed by atoms with E-state index >= 15 is 0 Å². The summed E-state index contributed by atoms with van der Waals surface area (Å²) in [7, 11) is 0. The second-order valence-electron chi connectivity index (χ2n) is 18.3. The van der Waals surface area contributed by atoms with Crippen LogP contribution in [0.15, 0.2) is 146 Å². The third-order valence-electron chi connectivity index (χ3n) is 11.5. The van der Waals surface area contributed by atoms with Gasteiger partial charge in [0, 0.05) is 19.3 Å². The molecule has 1 unspecified atom stereocenters. The molecule has 6 nitrogen and oxygen atoms in total. The molecule has 0 N–H and O–H groups in total. The maximum Gasteiger partial charge on any atom is 0.306 e. The minimum atomic E-state index is -0.820.